The van der Waals surface area contributed by atoms with Gasteiger partial charge in [-0.2, -0.15) is 0 Å². The van der Waals surface area contributed by atoms with Gasteiger partial charge in [0.2, 0.25) is 5.79 Å². The molecule has 1 aromatic carbocycles. The normalized spacial score (nSPS) is 19.4. The van der Waals surface area contributed by atoms with Crippen LogP contribution in [-0.4, -0.2) is 35.9 Å². The maximum Gasteiger partial charge on any atom is 0.213 e. The number of aromatic nitrogens is 2. The number of rotatable bonds is 3. The van der Waals surface area contributed by atoms with Crippen molar-refractivity contribution in [3.05, 3.63) is 65.6 Å². The third-order valence-corrected chi connectivity index (χ3v) is 5.62. The number of quaternary nitrogens is 1. The van der Waals surface area contributed by atoms with Crippen LogP contribution in [0, 0.1) is 0 Å². The van der Waals surface area contributed by atoms with Crippen LogP contribution in [0.4, 0.5) is 0 Å². The summed E-state index contributed by atoms with van der Waals surface area (Å²) in [6, 6.07) is 12.8. The van der Waals surface area contributed by atoms with Gasteiger partial charge in [-0.15, -0.1) is 0 Å². The zero-order valence-electron chi connectivity index (χ0n) is 14.9. The van der Waals surface area contributed by atoms with Gasteiger partial charge in [0.1, 0.15) is 0 Å². The van der Waals surface area contributed by atoms with Crippen LogP contribution in [0.3, 0.4) is 0 Å². The molecular formula is C21H24N3O2+. The Balaban J connectivity index is 1.66. The van der Waals surface area contributed by atoms with Crippen LogP contribution in [-0.2, 0) is 34.6 Å². The molecule has 2 aliphatic rings. The highest BCUT2D eigenvalue weighted by atomic mass is 16.7. The molecule has 0 aliphatic carbocycles. The van der Waals surface area contributed by atoms with Gasteiger partial charge in [-0.1, -0.05) is 18.2 Å². The van der Waals surface area contributed by atoms with Crippen molar-refractivity contribution in [2.24, 2.45) is 0 Å². The largest absolute Gasteiger partial charge is 0.346 e. The van der Waals surface area contributed by atoms with Gasteiger partial charge in [0.25, 0.3) is 0 Å². The van der Waals surface area contributed by atoms with E-state index in [1.54, 1.807) is 0 Å². The van der Waals surface area contributed by atoms with Crippen molar-refractivity contribution in [1.29, 1.82) is 0 Å². The van der Waals surface area contributed by atoms with Crippen LogP contribution < -0.4 is 5.32 Å². The van der Waals surface area contributed by atoms with Gasteiger partial charge in [0, 0.05) is 47.4 Å². The molecule has 1 saturated heterocycles. The molecule has 5 heteroatoms. The zero-order chi connectivity index (χ0) is 17.4. The van der Waals surface area contributed by atoms with E-state index in [0.29, 0.717) is 19.8 Å². The number of hydrogen-bond donors (Lipinski definition) is 1. The summed E-state index contributed by atoms with van der Waals surface area (Å²) in [5.41, 5.74) is 5.26. The Labute approximate surface area is 152 Å². The second kappa shape index (κ2) is 6.50. The van der Waals surface area contributed by atoms with Crippen LogP contribution in [0.5, 0.6) is 0 Å². The number of benzene rings is 1. The van der Waals surface area contributed by atoms with Crippen LogP contribution in [0.1, 0.15) is 16.8 Å². The van der Waals surface area contributed by atoms with Gasteiger partial charge in [0.15, 0.2) is 0 Å². The summed E-state index contributed by atoms with van der Waals surface area (Å²) in [7, 11) is 0. The summed E-state index contributed by atoms with van der Waals surface area (Å²) >= 11 is 0. The first kappa shape index (κ1) is 16.0. The lowest BCUT2D eigenvalue weighted by Gasteiger charge is -2.29. The predicted molar refractivity (Wildman–Crippen MR) is 98.8 cm³/mol. The van der Waals surface area contributed by atoms with E-state index in [0.717, 1.165) is 31.5 Å². The van der Waals surface area contributed by atoms with E-state index < -0.39 is 5.79 Å². The Kier molecular flexibility index (Phi) is 4.00. The van der Waals surface area contributed by atoms with E-state index >= 15 is 0 Å². The smallest absolute Gasteiger partial charge is 0.213 e. The molecule has 2 aliphatic heterocycles. The van der Waals surface area contributed by atoms with E-state index in [4.69, 9.17) is 9.47 Å². The van der Waals surface area contributed by atoms with Crippen LogP contribution in [0.25, 0.3) is 10.9 Å². The fraction of sp³-hybridized carbons (Fsp3) is 0.381. The standard InChI is InChI=1S/C21H23N3O2/c1-2-4-19-17(3-1)18-7-11-23-12-8-20(18)24(19)15-21(25-13-14-26-21)16-5-9-22-10-6-16/h1-6,9-10,23H,7-8,11-15H2/p+1. The van der Waals surface area contributed by atoms with E-state index in [-0.39, 0.29) is 0 Å². The second-order valence-electron chi connectivity index (χ2n) is 7.08. The maximum absolute atomic E-state index is 6.19. The molecule has 0 unspecified atom stereocenters. The zero-order valence-corrected chi connectivity index (χ0v) is 14.9. The van der Waals surface area contributed by atoms with Crippen molar-refractivity contribution in [3.63, 3.8) is 0 Å². The molecule has 0 saturated carbocycles. The van der Waals surface area contributed by atoms with Gasteiger partial charge < -0.3 is 19.4 Å². The molecule has 2 N–H and O–H groups in total. The van der Waals surface area contributed by atoms with Gasteiger partial charge in [0.05, 0.1) is 32.8 Å². The minimum atomic E-state index is -0.728. The van der Waals surface area contributed by atoms with Gasteiger partial charge in [-0.25, -0.2) is 0 Å². The highest BCUT2D eigenvalue weighted by molar-refractivity contribution is 5.85. The predicted octanol–water partition coefficient (Wildman–Crippen LogP) is 1.60. The minimum Gasteiger partial charge on any atom is -0.346 e. The number of pyridine rings is 1. The highest BCUT2D eigenvalue weighted by Gasteiger charge is 2.40. The molecule has 5 nitrogen and oxygen atoms in total. The van der Waals surface area contributed by atoms with Crippen LogP contribution in [0.15, 0.2) is 48.8 Å². The third kappa shape index (κ3) is 2.55. The molecule has 0 atom stereocenters. The molecule has 5 rings (SSSR count). The van der Waals surface area contributed by atoms with Crippen molar-refractivity contribution in [1.82, 2.24) is 9.55 Å². The van der Waals surface area contributed by atoms with Crippen molar-refractivity contribution in [2.75, 3.05) is 26.3 Å². The molecule has 26 heavy (non-hydrogen) atoms. The molecule has 1 fully saturated rings. The first-order chi connectivity index (χ1) is 12.9. The molecule has 0 bridgehead atoms. The number of fused-ring (bicyclic) bond motifs is 3. The van der Waals surface area contributed by atoms with Crippen molar-refractivity contribution in [3.8, 4) is 0 Å². The van der Waals surface area contributed by atoms with E-state index in [1.165, 1.54) is 22.2 Å². The Morgan fingerprint density at radius 2 is 1.77 bits per heavy atom. The van der Waals surface area contributed by atoms with Crippen LogP contribution >= 0.6 is 0 Å². The quantitative estimate of drug-likeness (QED) is 0.781. The summed E-state index contributed by atoms with van der Waals surface area (Å²) in [6.07, 6.45) is 5.82. The third-order valence-electron chi connectivity index (χ3n) is 5.62. The molecular weight excluding hydrogens is 326 g/mol. The summed E-state index contributed by atoms with van der Waals surface area (Å²) in [6.45, 7) is 4.21. The lowest BCUT2D eigenvalue weighted by atomic mass is 10.1. The monoisotopic (exact) mass is 350 g/mol. The number of hydrogen-bond acceptors (Lipinski definition) is 3. The van der Waals surface area contributed by atoms with Crippen molar-refractivity contribution < 1.29 is 14.8 Å². The van der Waals surface area contributed by atoms with E-state index in [1.807, 2.05) is 24.5 Å². The average Bonchev–Trinajstić information content (AvgIpc) is 3.19. The molecule has 2 aromatic heterocycles. The molecule has 4 heterocycles. The second-order valence-corrected chi connectivity index (χ2v) is 7.08. The molecule has 0 spiro atoms. The summed E-state index contributed by atoms with van der Waals surface area (Å²) in [4.78, 5) is 4.16. The van der Waals surface area contributed by atoms with E-state index in [2.05, 4.69) is 39.1 Å². The summed E-state index contributed by atoms with van der Waals surface area (Å²) in [5, 5.41) is 3.79. The lowest BCUT2D eigenvalue weighted by molar-refractivity contribution is -0.652. The minimum absolute atomic E-state index is 0.623. The summed E-state index contributed by atoms with van der Waals surface area (Å²) in [5.74, 6) is -0.728. The highest BCUT2D eigenvalue weighted by Crippen LogP contribution is 2.36. The number of nitrogens with two attached hydrogens (primary N) is 1. The average molecular weight is 350 g/mol. The Hall–Kier alpha value is -2.21. The number of ether oxygens (including phenoxy) is 2. The van der Waals surface area contributed by atoms with Crippen LogP contribution in [0.2, 0.25) is 0 Å². The molecule has 0 amide bonds. The fourth-order valence-corrected chi connectivity index (χ4v) is 4.42. The SMILES string of the molecule is c1ccc2c(c1)c1c(n2CC2(c3ccncc3)OCCO2)CC[NH2+]CC1. The van der Waals surface area contributed by atoms with Crippen molar-refractivity contribution in [2.45, 2.75) is 25.2 Å². The van der Waals surface area contributed by atoms with Crippen molar-refractivity contribution >= 4 is 10.9 Å². The van der Waals surface area contributed by atoms with Gasteiger partial charge >= 0.3 is 0 Å². The molecule has 3 aromatic rings. The summed E-state index contributed by atoms with van der Waals surface area (Å²) < 4.78 is 14.8. The fourth-order valence-electron chi connectivity index (χ4n) is 4.42. The molecule has 134 valence electrons. The van der Waals surface area contributed by atoms with Gasteiger partial charge in [-0.05, 0) is 23.8 Å². The maximum atomic E-state index is 6.19. The molecule has 0 radical (unpaired) electrons. The number of para-hydroxylation sites is 1. The first-order valence-electron chi connectivity index (χ1n) is 9.46. The number of nitrogens with zero attached hydrogens (tertiary/aromatic N) is 2. The van der Waals surface area contributed by atoms with E-state index in [9.17, 15) is 0 Å². The Morgan fingerprint density at radius 1 is 1.00 bits per heavy atom. The Morgan fingerprint density at radius 3 is 2.62 bits per heavy atom. The van der Waals surface area contributed by atoms with Gasteiger partial charge in [-0.3, -0.25) is 4.98 Å². The Bertz CT molecular complexity index is 914. The topological polar surface area (TPSA) is 52.9 Å². The first-order valence-corrected chi connectivity index (χ1v) is 9.46. The lowest BCUT2D eigenvalue weighted by Crippen LogP contribution is -2.84.